The van der Waals surface area contributed by atoms with Crippen molar-refractivity contribution in [2.75, 3.05) is 17.2 Å². The predicted octanol–water partition coefficient (Wildman–Crippen LogP) is 4.51. The molecule has 0 spiro atoms. The lowest BCUT2D eigenvalue weighted by Gasteiger charge is -2.12. The normalized spacial score (nSPS) is 17.0. The molecule has 120 valence electrons. The van der Waals surface area contributed by atoms with Gasteiger partial charge < -0.3 is 15.4 Å². The van der Waals surface area contributed by atoms with E-state index in [1.165, 1.54) is 0 Å². The fourth-order valence-electron chi connectivity index (χ4n) is 2.57. The summed E-state index contributed by atoms with van der Waals surface area (Å²) in [6.45, 7) is 2.67. The van der Waals surface area contributed by atoms with Gasteiger partial charge in [0, 0.05) is 28.7 Å². The number of amides is 1. The lowest BCUT2D eigenvalue weighted by Crippen LogP contribution is -2.26. The van der Waals surface area contributed by atoms with Gasteiger partial charge in [-0.1, -0.05) is 11.6 Å². The van der Waals surface area contributed by atoms with Crippen molar-refractivity contribution in [3.63, 3.8) is 0 Å². The Hall–Kier alpha value is -2.04. The summed E-state index contributed by atoms with van der Waals surface area (Å²) < 4.78 is 5.38. The highest BCUT2D eigenvalue weighted by atomic mass is 35.5. The Morgan fingerprint density at radius 1 is 1.17 bits per heavy atom. The first-order chi connectivity index (χ1) is 11.1. The Morgan fingerprint density at radius 2 is 1.91 bits per heavy atom. The number of ether oxygens (including phenoxy) is 1. The van der Waals surface area contributed by atoms with Crippen LogP contribution in [0.25, 0.3) is 0 Å². The van der Waals surface area contributed by atoms with E-state index in [2.05, 4.69) is 10.6 Å². The highest BCUT2D eigenvalue weighted by molar-refractivity contribution is 6.30. The molecule has 0 radical (unpaired) electrons. The zero-order valence-electron chi connectivity index (χ0n) is 12.9. The minimum Gasteiger partial charge on any atom is -0.368 e. The van der Waals surface area contributed by atoms with Crippen molar-refractivity contribution >= 4 is 34.6 Å². The Labute approximate surface area is 140 Å². The third-order valence-corrected chi connectivity index (χ3v) is 4.08. The summed E-state index contributed by atoms with van der Waals surface area (Å²) in [5.74, 6) is -0.0724. The van der Waals surface area contributed by atoms with Crippen LogP contribution in [0.15, 0.2) is 42.5 Å². The number of aryl methyl sites for hydroxylation is 1. The minimum atomic E-state index is -0.315. The molecule has 1 amide bonds. The van der Waals surface area contributed by atoms with E-state index >= 15 is 0 Å². The summed E-state index contributed by atoms with van der Waals surface area (Å²) in [6, 6.07) is 13.3. The summed E-state index contributed by atoms with van der Waals surface area (Å²) in [6.07, 6.45) is 1.42. The predicted molar refractivity (Wildman–Crippen MR) is 93.5 cm³/mol. The van der Waals surface area contributed by atoms with Gasteiger partial charge >= 0.3 is 0 Å². The van der Waals surface area contributed by atoms with Crippen LogP contribution in [0.4, 0.5) is 17.1 Å². The average Bonchev–Trinajstić information content (AvgIpc) is 3.06. The highest BCUT2D eigenvalue weighted by Crippen LogP contribution is 2.24. The minimum absolute atomic E-state index is 0.0724. The molecule has 1 aliphatic heterocycles. The fraction of sp³-hybridized carbons (Fsp3) is 0.278. The molecule has 4 nitrogen and oxygen atoms in total. The average molecular weight is 331 g/mol. The Balaban J connectivity index is 1.63. The van der Waals surface area contributed by atoms with Crippen LogP contribution in [0, 0.1) is 6.92 Å². The molecular formula is C18H19ClN2O2. The Kier molecular flexibility index (Phi) is 4.84. The van der Waals surface area contributed by atoms with Gasteiger partial charge in [0.1, 0.15) is 6.10 Å². The van der Waals surface area contributed by atoms with E-state index in [4.69, 9.17) is 16.3 Å². The highest BCUT2D eigenvalue weighted by Gasteiger charge is 2.23. The number of benzene rings is 2. The van der Waals surface area contributed by atoms with Gasteiger partial charge in [-0.05, 0) is 67.8 Å². The molecule has 1 saturated heterocycles. The van der Waals surface area contributed by atoms with Crippen LogP contribution in [0.2, 0.25) is 5.02 Å². The molecule has 0 aliphatic carbocycles. The summed E-state index contributed by atoms with van der Waals surface area (Å²) >= 11 is 5.96. The second kappa shape index (κ2) is 7.02. The number of carbonyl (C=O) groups is 1. The third-order valence-electron chi connectivity index (χ3n) is 3.84. The molecule has 1 atom stereocenters. The maximum absolute atomic E-state index is 12.0. The molecule has 1 heterocycles. The zero-order chi connectivity index (χ0) is 16.2. The molecular weight excluding hydrogens is 312 g/mol. The number of carbonyl (C=O) groups excluding carboxylic acids is 1. The second-order valence-corrected chi connectivity index (χ2v) is 6.09. The first-order valence-electron chi connectivity index (χ1n) is 7.67. The van der Waals surface area contributed by atoms with Gasteiger partial charge in [0.25, 0.3) is 5.91 Å². The van der Waals surface area contributed by atoms with Gasteiger partial charge in [0.05, 0.1) is 0 Å². The van der Waals surface area contributed by atoms with Crippen LogP contribution >= 0.6 is 11.6 Å². The lowest BCUT2D eigenvalue weighted by atomic mass is 10.2. The molecule has 0 bridgehead atoms. The van der Waals surface area contributed by atoms with Crippen LogP contribution in [0.1, 0.15) is 18.4 Å². The number of hydrogen-bond acceptors (Lipinski definition) is 3. The van der Waals surface area contributed by atoms with E-state index in [9.17, 15) is 4.79 Å². The van der Waals surface area contributed by atoms with Crippen molar-refractivity contribution in [2.45, 2.75) is 25.9 Å². The number of anilines is 3. The molecule has 5 heteroatoms. The van der Waals surface area contributed by atoms with Gasteiger partial charge in [-0.25, -0.2) is 0 Å². The van der Waals surface area contributed by atoms with E-state index in [0.29, 0.717) is 6.61 Å². The van der Waals surface area contributed by atoms with Gasteiger partial charge in [-0.3, -0.25) is 4.79 Å². The maximum atomic E-state index is 12.0. The Morgan fingerprint density at radius 3 is 2.57 bits per heavy atom. The van der Waals surface area contributed by atoms with Gasteiger partial charge in [0.15, 0.2) is 0 Å². The van der Waals surface area contributed by atoms with Gasteiger partial charge in [-0.15, -0.1) is 0 Å². The quantitative estimate of drug-likeness (QED) is 0.867. The summed E-state index contributed by atoms with van der Waals surface area (Å²) in [4.78, 5) is 12.0. The summed E-state index contributed by atoms with van der Waals surface area (Å²) in [5, 5.41) is 6.95. The van der Waals surface area contributed by atoms with E-state index in [1.54, 1.807) is 0 Å². The van der Waals surface area contributed by atoms with Crippen molar-refractivity contribution in [2.24, 2.45) is 0 Å². The standard InChI is InChI=1S/C18H19ClN2O2/c1-12-11-13(19)4-9-16(12)20-14-5-7-15(8-6-14)21-18(22)17-3-2-10-23-17/h4-9,11,17,20H,2-3,10H2,1H3,(H,21,22). The fourth-order valence-corrected chi connectivity index (χ4v) is 2.79. The third kappa shape index (κ3) is 4.03. The van der Waals surface area contributed by atoms with Crippen molar-refractivity contribution in [1.29, 1.82) is 0 Å². The van der Waals surface area contributed by atoms with E-state index in [1.807, 2.05) is 49.4 Å². The van der Waals surface area contributed by atoms with Crippen LogP contribution in [-0.4, -0.2) is 18.6 Å². The number of hydrogen-bond donors (Lipinski definition) is 2. The van der Waals surface area contributed by atoms with E-state index < -0.39 is 0 Å². The van der Waals surface area contributed by atoms with Gasteiger partial charge in [-0.2, -0.15) is 0 Å². The van der Waals surface area contributed by atoms with Crippen LogP contribution in [0.3, 0.4) is 0 Å². The smallest absolute Gasteiger partial charge is 0.253 e. The maximum Gasteiger partial charge on any atom is 0.253 e. The number of halogens is 1. The molecule has 2 aromatic rings. The van der Waals surface area contributed by atoms with Crippen LogP contribution in [0.5, 0.6) is 0 Å². The molecule has 3 rings (SSSR count). The summed E-state index contributed by atoms with van der Waals surface area (Å²) in [7, 11) is 0. The molecule has 0 saturated carbocycles. The van der Waals surface area contributed by atoms with Crippen molar-refractivity contribution in [3.05, 3.63) is 53.1 Å². The first-order valence-corrected chi connectivity index (χ1v) is 8.05. The van der Waals surface area contributed by atoms with Gasteiger partial charge in [0.2, 0.25) is 0 Å². The molecule has 1 aliphatic rings. The largest absolute Gasteiger partial charge is 0.368 e. The van der Waals surface area contributed by atoms with Crippen molar-refractivity contribution < 1.29 is 9.53 Å². The monoisotopic (exact) mass is 330 g/mol. The molecule has 1 fully saturated rings. The SMILES string of the molecule is Cc1cc(Cl)ccc1Nc1ccc(NC(=O)C2CCCO2)cc1. The molecule has 23 heavy (non-hydrogen) atoms. The molecule has 2 aromatic carbocycles. The number of rotatable bonds is 4. The summed E-state index contributed by atoms with van der Waals surface area (Å²) in [5.41, 5.74) is 3.80. The second-order valence-electron chi connectivity index (χ2n) is 5.65. The first kappa shape index (κ1) is 15.8. The van der Waals surface area contributed by atoms with Crippen molar-refractivity contribution in [1.82, 2.24) is 0 Å². The van der Waals surface area contributed by atoms with Crippen molar-refractivity contribution in [3.8, 4) is 0 Å². The molecule has 1 unspecified atom stereocenters. The lowest BCUT2D eigenvalue weighted by molar-refractivity contribution is -0.124. The van der Waals surface area contributed by atoms with Crippen LogP contribution in [-0.2, 0) is 9.53 Å². The number of nitrogens with one attached hydrogen (secondary N) is 2. The molecule has 2 N–H and O–H groups in total. The zero-order valence-corrected chi connectivity index (χ0v) is 13.7. The van der Waals surface area contributed by atoms with E-state index in [0.717, 1.165) is 40.5 Å². The molecule has 0 aromatic heterocycles. The van der Waals surface area contributed by atoms with E-state index in [-0.39, 0.29) is 12.0 Å². The van der Waals surface area contributed by atoms with Crippen LogP contribution < -0.4 is 10.6 Å². The Bertz CT molecular complexity index is 695. The topological polar surface area (TPSA) is 50.4 Å².